The Morgan fingerprint density at radius 1 is 1.14 bits per heavy atom. The quantitative estimate of drug-likeness (QED) is 0.404. The van der Waals surface area contributed by atoms with E-state index in [1.807, 2.05) is 4.90 Å². The molecule has 198 valence electrons. The van der Waals surface area contributed by atoms with Crippen molar-refractivity contribution >= 4 is 44.9 Å². The van der Waals surface area contributed by atoms with E-state index in [1.165, 1.54) is 6.07 Å². The maximum atomic E-state index is 13.4. The van der Waals surface area contributed by atoms with E-state index in [-0.39, 0.29) is 21.5 Å². The predicted molar refractivity (Wildman–Crippen MR) is 125 cm³/mol. The fraction of sp³-hybridized carbons (Fsp3) is 0.333. The zero-order chi connectivity index (χ0) is 27.1. The molecule has 3 rings (SSSR count). The number of hydrogen-bond acceptors (Lipinski definition) is 6. The first kappa shape index (κ1) is 29.1. The SMILES string of the molecule is CCNC(=O)c1ccc(N2CCNCC2)c(NS(=O)(=O)c2ccc(F)c(Cl)c2)c1.O=C(O)C(F)(F)F. The minimum absolute atomic E-state index is 0.168. The molecule has 1 saturated heterocycles. The van der Waals surface area contributed by atoms with Crippen molar-refractivity contribution < 1.29 is 40.7 Å². The molecule has 15 heteroatoms. The molecule has 0 atom stereocenters. The van der Waals surface area contributed by atoms with E-state index in [0.29, 0.717) is 30.9 Å². The van der Waals surface area contributed by atoms with Crippen molar-refractivity contribution in [3.05, 3.63) is 52.8 Å². The van der Waals surface area contributed by atoms with Crippen molar-refractivity contribution in [1.29, 1.82) is 0 Å². The number of piperazine rings is 1. The van der Waals surface area contributed by atoms with Crippen molar-refractivity contribution in [1.82, 2.24) is 10.6 Å². The van der Waals surface area contributed by atoms with Gasteiger partial charge >= 0.3 is 12.1 Å². The lowest BCUT2D eigenvalue weighted by molar-refractivity contribution is -0.192. The number of nitrogens with zero attached hydrogens (tertiary/aromatic N) is 1. The topological polar surface area (TPSA) is 128 Å². The summed E-state index contributed by atoms with van der Waals surface area (Å²) in [7, 11) is -4.04. The lowest BCUT2D eigenvalue weighted by atomic mass is 10.1. The smallest absolute Gasteiger partial charge is 0.475 e. The summed E-state index contributed by atoms with van der Waals surface area (Å²) in [5.41, 5.74) is 1.27. The Hall–Kier alpha value is -3.10. The van der Waals surface area contributed by atoms with Crippen LogP contribution < -0.4 is 20.3 Å². The van der Waals surface area contributed by atoms with Crippen LogP contribution in [0.15, 0.2) is 41.3 Å². The maximum Gasteiger partial charge on any atom is 0.490 e. The molecule has 1 amide bonds. The molecule has 0 spiro atoms. The van der Waals surface area contributed by atoms with Crippen molar-refractivity contribution in [3.8, 4) is 0 Å². The van der Waals surface area contributed by atoms with Gasteiger partial charge in [0.2, 0.25) is 0 Å². The Morgan fingerprint density at radius 2 is 1.75 bits per heavy atom. The summed E-state index contributed by atoms with van der Waals surface area (Å²) >= 11 is 5.74. The number of benzene rings is 2. The lowest BCUT2D eigenvalue weighted by Crippen LogP contribution is -2.43. The van der Waals surface area contributed by atoms with Gasteiger partial charge in [-0.3, -0.25) is 9.52 Å². The first-order valence-electron chi connectivity index (χ1n) is 10.4. The number of anilines is 2. The maximum absolute atomic E-state index is 13.4. The summed E-state index contributed by atoms with van der Waals surface area (Å²) in [5.74, 6) is -3.76. The number of rotatable bonds is 6. The van der Waals surface area contributed by atoms with Gasteiger partial charge in [0.05, 0.1) is 21.3 Å². The van der Waals surface area contributed by atoms with Crippen LogP contribution in [0.4, 0.5) is 28.9 Å². The summed E-state index contributed by atoms with van der Waals surface area (Å²) in [5, 5.41) is 12.8. The molecule has 0 radical (unpaired) electrons. The van der Waals surface area contributed by atoms with Gasteiger partial charge in [0, 0.05) is 38.3 Å². The highest BCUT2D eigenvalue weighted by molar-refractivity contribution is 7.92. The molecular weight excluding hydrogens is 532 g/mol. The summed E-state index contributed by atoms with van der Waals surface area (Å²) in [6.45, 7) is 5.16. The summed E-state index contributed by atoms with van der Waals surface area (Å²) in [6.07, 6.45) is -5.08. The lowest BCUT2D eigenvalue weighted by Gasteiger charge is -2.31. The number of hydrogen-bond donors (Lipinski definition) is 4. The predicted octanol–water partition coefficient (Wildman–Crippen LogP) is 3.07. The van der Waals surface area contributed by atoms with E-state index >= 15 is 0 Å². The van der Waals surface area contributed by atoms with Gasteiger partial charge in [0.25, 0.3) is 15.9 Å². The normalized spacial score (nSPS) is 13.9. The molecule has 9 nitrogen and oxygen atoms in total. The molecule has 0 aliphatic carbocycles. The molecular formula is C21H23ClF4N4O5S. The number of nitrogens with one attached hydrogen (secondary N) is 3. The molecule has 36 heavy (non-hydrogen) atoms. The van der Waals surface area contributed by atoms with E-state index in [4.69, 9.17) is 21.5 Å². The first-order chi connectivity index (χ1) is 16.8. The molecule has 2 aromatic carbocycles. The van der Waals surface area contributed by atoms with E-state index in [1.54, 1.807) is 19.1 Å². The zero-order valence-corrected chi connectivity index (χ0v) is 20.4. The third-order valence-electron chi connectivity index (χ3n) is 4.74. The van der Waals surface area contributed by atoms with Crippen molar-refractivity contribution in [2.45, 2.75) is 18.0 Å². The molecule has 1 fully saturated rings. The van der Waals surface area contributed by atoms with Crippen LogP contribution in [-0.2, 0) is 14.8 Å². The van der Waals surface area contributed by atoms with E-state index < -0.39 is 28.0 Å². The Labute approximate surface area is 209 Å². The van der Waals surface area contributed by atoms with Crippen LogP contribution in [-0.4, -0.2) is 64.3 Å². The van der Waals surface area contributed by atoms with Crippen molar-refractivity contribution in [3.63, 3.8) is 0 Å². The van der Waals surface area contributed by atoms with Gasteiger partial charge in [-0.15, -0.1) is 0 Å². The highest BCUT2D eigenvalue weighted by atomic mass is 35.5. The molecule has 0 saturated carbocycles. The largest absolute Gasteiger partial charge is 0.490 e. The molecule has 1 heterocycles. The van der Waals surface area contributed by atoms with Gasteiger partial charge in [-0.1, -0.05) is 11.6 Å². The first-order valence-corrected chi connectivity index (χ1v) is 12.3. The number of carbonyl (C=O) groups excluding carboxylic acids is 1. The van der Waals surface area contributed by atoms with Gasteiger partial charge < -0.3 is 20.6 Å². The Morgan fingerprint density at radius 3 is 2.28 bits per heavy atom. The van der Waals surface area contributed by atoms with Crippen LogP contribution in [0.3, 0.4) is 0 Å². The molecule has 0 aromatic heterocycles. The standard InChI is InChI=1S/C19H22ClFN4O3S.C2HF3O2/c1-2-23-19(26)13-3-6-18(25-9-7-22-8-10-25)17(11-13)24-29(27,28)14-4-5-16(21)15(20)12-14;3-2(4,5)1(6)7/h3-6,11-12,22,24H,2,7-10H2,1H3,(H,23,26);(H,6,7). The van der Waals surface area contributed by atoms with Crippen LogP contribution in [0.25, 0.3) is 0 Å². The van der Waals surface area contributed by atoms with Gasteiger partial charge in [0.15, 0.2) is 0 Å². The van der Waals surface area contributed by atoms with Crippen LogP contribution in [0.2, 0.25) is 5.02 Å². The third-order valence-corrected chi connectivity index (χ3v) is 6.39. The third kappa shape index (κ3) is 7.96. The second kappa shape index (κ2) is 12.2. The monoisotopic (exact) mass is 554 g/mol. The minimum atomic E-state index is -5.08. The highest BCUT2D eigenvalue weighted by Gasteiger charge is 2.38. The Kier molecular flexibility index (Phi) is 9.90. The highest BCUT2D eigenvalue weighted by Crippen LogP contribution is 2.30. The van der Waals surface area contributed by atoms with E-state index in [9.17, 15) is 30.8 Å². The second-order valence-electron chi connectivity index (χ2n) is 7.31. The molecule has 0 bridgehead atoms. The number of aliphatic carboxylic acids is 1. The number of sulfonamides is 1. The van der Waals surface area contributed by atoms with Crippen LogP contribution >= 0.6 is 11.6 Å². The van der Waals surface area contributed by atoms with Crippen LogP contribution in [0.5, 0.6) is 0 Å². The van der Waals surface area contributed by atoms with Crippen molar-refractivity contribution in [2.75, 3.05) is 42.3 Å². The van der Waals surface area contributed by atoms with Gasteiger partial charge in [-0.05, 0) is 43.3 Å². The summed E-state index contributed by atoms with van der Waals surface area (Å²) in [4.78, 5) is 23.0. The number of carbonyl (C=O) groups is 2. The fourth-order valence-corrected chi connectivity index (χ4v) is 4.39. The summed E-state index contributed by atoms with van der Waals surface area (Å²) < 4.78 is 73.5. The average Bonchev–Trinajstić information content (AvgIpc) is 2.81. The molecule has 4 N–H and O–H groups in total. The molecule has 2 aromatic rings. The zero-order valence-electron chi connectivity index (χ0n) is 18.8. The van der Waals surface area contributed by atoms with Gasteiger partial charge in [-0.25, -0.2) is 17.6 Å². The number of alkyl halides is 3. The summed E-state index contributed by atoms with van der Waals surface area (Å²) in [6, 6.07) is 8.09. The van der Waals surface area contributed by atoms with Gasteiger partial charge in [-0.2, -0.15) is 13.2 Å². The van der Waals surface area contributed by atoms with Crippen LogP contribution in [0, 0.1) is 5.82 Å². The van der Waals surface area contributed by atoms with Crippen molar-refractivity contribution in [2.24, 2.45) is 0 Å². The number of amides is 1. The van der Waals surface area contributed by atoms with E-state index in [0.717, 1.165) is 31.3 Å². The second-order valence-corrected chi connectivity index (χ2v) is 9.40. The van der Waals surface area contributed by atoms with Gasteiger partial charge in [0.1, 0.15) is 5.82 Å². The number of halogens is 5. The molecule has 0 unspecified atom stereocenters. The van der Waals surface area contributed by atoms with E-state index in [2.05, 4.69) is 15.4 Å². The average molecular weight is 555 g/mol. The Balaban J connectivity index is 0.000000572. The molecule has 1 aliphatic heterocycles. The number of carboxylic acid groups (broad SMARTS) is 1. The minimum Gasteiger partial charge on any atom is -0.475 e. The molecule has 1 aliphatic rings. The Bertz CT molecular complexity index is 1210. The fourth-order valence-electron chi connectivity index (χ4n) is 3.05. The number of carboxylic acids is 1. The van der Waals surface area contributed by atoms with Crippen LogP contribution in [0.1, 0.15) is 17.3 Å².